The van der Waals surface area contributed by atoms with Crippen molar-refractivity contribution in [2.45, 2.75) is 125 Å². The number of aliphatic hydroxyl groups excluding tert-OH is 1. The van der Waals surface area contributed by atoms with E-state index < -0.39 is 10.4 Å². The van der Waals surface area contributed by atoms with Crippen LogP contribution in [0.2, 0.25) is 0 Å². The van der Waals surface area contributed by atoms with Crippen molar-refractivity contribution in [1.29, 1.82) is 0 Å². The molecule has 0 bridgehead atoms. The first-order valence-corrected chi connectivity index (χ1v) is 17.5. The molecule has 44 heavy (non-hydrogen) atoms. The third-order valence-corrected chi connectivity index (χ3v) is 12.1. The van der Waals surface area contributed by atoms with Gasteiger partial charge >= 0.3 is 29.6 Å². The minimum atomic E-state index is -4.91. The number of allylic oxidation sites excluding steroid dienone is 5. The van der Waals surface area contributed by atoms with Gasteiger partial charge in [-0.25, -0.2) is 8.42 Å². The molecule has 2 N–H and O–H groups in total. The fraction of sp³-hybridized carbons (Fsp3) is 0.667. The first-order valence-electron chi connectivity index (χ1n) is 16.2. The Morgan fingerprint density at radius 1 is 1.11 bits per heavy atom. The Morgan fingerprint density at radius 3 is 2.48 bits per heavy atom. The molecule has 0 aliphatic heterocycles. The molecule has 0 saturated heterocycles. The second-order valence-corrected chi connectivity index (χ2v) is 15.8. The van der Waals surface area contributed by atoms with Crippen LogP contribution in [0.1, 0.15) is 118 Å². The summed E-state index contributed by atoms with van der Waals surface area (Å²) in [6.45, 7) is 18.1. The molecule has 8 heteroatoms. The monoisotopic (exact) mass is 636 g/mol. The molecule has 1 aromatic rings. The van der Waals surface area contributed by atoms with Gasteiger partial charge in [0.05, 0.1) is 6.10 Å². The summed E-state index contributed by atoms with van der Waals surface area (Å²) in [5, 5.41) is 22.0. The SMILES string of the molecule is C=C1CC[C@H](O)[C@@](C)(CCC=C(C)C)[C@@H]1CCC1(C)CCCC2=C1CC[C@H](C)[C@@]2(C)Cc1cc(OS(=O)(=O)[O-])ccc1O.[Na+]. The van der Waals surface area contributed by atoms with Gasteiger partial charge in [-0.15, -0.1) is 0 Å². The summed E-state index contributed by atoms with van der Waals surface area (Å²) in [4.78, 5) is 0. The number of hydrogen-bond acceptors (Lipinski definition) is 6. The van der Waals surface area contributed by atoms with E-state index in [9.17, 15) is 23.2 Å². The molecule has 3 aliphatic carbocycles. The number of phenols is 1. The summed E-state index contributed by atoms with van der Waals surface area (Å²) in [7, 11) is -4.91. The molecule has 6 atom stereocenters. The van der Waals surface area contributed by atoms with Gasteiger partial charge in [0.25, 0.3) is 10.4 Å². The Balaban J connectivity index is 0.00000529. The summed E-state index contributed by atoms with van der Waals surface area (Å²) >= 11 is 0. The van der Waals surface area contributed by atoms with E-state index >= 15 is 0 Å². The van der Waals surface area contributed by atoms with E-state index in [1.54, 1.807) is 5.57 Å². The van der Waals surface area contributed by atoms with Crippen LogP contribution >= 0.6 is 0 Å². The van der Waals surface area contributed by atoms with Crippen LogP contribution in [0.15, 0.2) is 53.1 Å². The van der Waals surface area contributed by atoms with Gasteiger partial charge in [-0.1, -0.05) is 62.6 Å². The number of hydrogen-bond donors (Lipinski definition) is 2. The number of aromatic hydroxyl groups is 1. The predicted octanol–water partition coefficient (Wildman–Crippen LogP) is 5.56. The van der Waals surface area contributed by atoms with Crippen LogP contribution in [0.25, 0.3) is 0 Å². The molecular weight excluding hydrogens is 583 g/mol. The van der Waals surface area contributed by atoms with E-state index in [1.807, 2.05) is 0 Å². The molecule has 0 aromatic heterocycles. The maximum absolute atomic E-state index is 11.3. The van der Waals surface area contributed by atoms with E-state index in [2.05, 4.69) is 58.4 Å². The average Bonchev–Trinajstić information content (AvgIpc) is 2.90. The Bertz CT molecular complexity index is 1380. The van der Waals surface area contributed by atoms with Crippen molar-refractivity contribution in [3.63, 3.8) is 0 Å². The van der Waals surface area contributed by atoms with E-state index in [4.69, 9.17) is 0 Å². The van der Waals surface area contributed by atoms with E-state index in [-0.39, 0.29) is 69.3 Å². The Morgan fingerprint density at radius 2 is 1.82 bits per heavy atom. The van der Waals surface area contributed by atoms with Crippen LogP contribution < -0.4 is 33.7 Å². The normalized spacial score (nSPS) is 32.5. The maximum atomic E-state index is 11.3. The van der Waals surface area contributed by atoms with Crippen LogP contribution in [0, 0.1) is 28.1 Å². The van der Waals surface area contributed by atoms with Crippen LogP contribution in [-0.2, 0) is 16.8 Å². The summed E-state index contributed by atoms with van der Waals surface area (Å²) < 4.78 is 38.3. The predicted molar refractivity (Wildman–Crippen MR) is 172 cm³/mol. The Labute approximate surface area is 288 Å². The first kappa shape index (κ1) is 37.4. The number of benzene rings is 1. The second kappa shape index (κ2) is 14.4. The zero-order valence-corrected chi connectivity index (χ0v) is 31.0. The van der Waals surface area contributed by atoms with Crippen molar-refractivity contribution in [1.82, 2.24) is 0 Å². The van der Waals surface area contributed by atoms with E-state index in [0.717, 1.165) is 70.6 Å². The van der Waals surface area contributed by atoms with Gasteiger partial charge in [-0.05, 0) is 137 Å². The van der Waals surface area contributed by atoms with Crippen LogP contribution in [0.4, 0.5) is 0 Å². The molecule has 3 aliphatic rings. The minimum absolute atomic E-state index is 0. The summed E-state index contributed by atoms with van der Waals surface area (Å²) in [6.07, 6.45) is 13.6. The molecule has 0 amide bonds. The van der Waals surface area contributed by atoms with Gasteiger partial charge in [0, 0.05) is 5.41 Å². The molecule has 1 saturated carbocycles. The average molecular weight is 637 g/mol. The van der Waals surface area contributed by atoms with Crippen LogP contribution in [-0.4, -0.2) is 29.3 Å². The molecule has 6 nitrogen and oxygen atoms in total. The molecule has 240 valence electrons. The number of rotatable bonds is 10. The summed E-state index contributed by atoms with van der Waals surface area (Å²) in [5.74, 6) is 0.667. The second-order valence-electron chi connectivity index (χ2n) is 14.8. The Kier molecular flexibility index (Phi) is 12.2. The van der Waals surface area contributed by atoms with E-state index in [0.29, 0.717) is 17.9 Å². The van der Waals surface area contributed by atoms with E-state index in [1.165, 1.54) is 34.9 Å². The van der Waals surface area contributed by atoms with Gasteiger partial charge in [0.1, 0.15) is 11.5 Å². The molecular formula is C36H53NaO6S. The number of phenolic OH excluding ortho intramolecular Hbond substituents is 1. The van der Waals surface area contributed by atoms with Gasteiger partial charge in [0.15, 0.2) is 0 Å². The quantitative estimate of drug-likeness (QED) is 0.151. The molecule has 0 heterocycles. The van der Waals surface area contributed by atoms with Crippen molar-refractivity contribution in [2.75, 3.05) is 0 Å². The van der Waals surface area contributed by atoms with Gasteiger partial charge in [-0.3, -0.25) is 0 Å². The van der Waals surface area contributed by atoms with Crippen LogP contribution in [0.3, 0.4) is 0 Å². The third kappa shape index (κ3) is 8.06. The third-order valence-electron chi connectivity index (χ3n) is 11.7. The zero-order chi connectivity index (χ0) is 31.8. The van der Waals surface area contributed by atoms with Crippen molar-refractivity contribution < 1.29 is 56.9 Å². The molecule has 1 unspecified atom stereocenters. The smallest absolute Gasteiger partial charge is 0.716 e. The number of aliphatic hydroxyl groups is 1. The fourth-order valence-electron chi connectivity index (χ4n) is 8.74. The molecule has 1 aromatic carbocycles. The van der Waals surface area contributed by atoms with Gasteiger partial charge in [0.2, 0.25) is 0 Å². The first-order chi connectivity index (χ1) is 20.0. The maximum Gasteiger partial charge on any atom is 1.00 e. The standard InChI is InChI=1S/C36H54O6S.Na/c1-24(2)10-8-20-35(6)29(25(3)12-17-33(35)38)18-21-34(5)19-9-11-31-30(34)15-13-26(4)36(31,7)23-27-22-28(14-16-32(27)37)42-43(39,40)41;/h10,14,16,22,26,29,33,37-38H,3,8-9,11-13,15,17-21,23H2,1-2,4-7H3,(H,39,40,41);/q;+1/p-1/t26-,29+,33-,34?,35-,36+;/m0./s1. The molecule has 1 fully saturated rings. The fourth-order valence-corrected chi connectivity index (χ4v) is 9.08. The topological polar surface area (TPSA) is 107 Å². The van der Waals surface area contributed by atoms with Crippen molar-refractivity contribution >= 4 is 10.4 Å². The molecule has 0 radical (unpaired) electrons. The summed E-state index contributed by atoms with van der Waals surface area (Å²) in [6, 6.07) is 4.22. The largest absolute Gasteiger partial charge is 1.00 e. The summed E-state index contributed by atoms with van der Waals surface area (Å²) in [5.41, 5.74) is 5.90. The van der Waals surface area contributed by atoms with Gasteiger partial charge < -0.3 is 18.9 Å². The van der Waals surface area contributed by atoms with Crippen molar-refractivity contribution in [2.24, 2.45) is 28.1 Å². The molecule has 0 spiro atoms. The Hall–Kier alpha value is -1.09. The van der Waals surface area contributed by atoms with Crippen molar-refractivity contribution in [3.8, 4) is 11.5 Å². The zero-order valence-electron chi connectivity index (χ0n) is 28.2. The minimum Gasteiger partial charge on any atom is -0.716 e. The van der Waals surface area contributed by atoms with Crippen LogP contribution in [0.5, 0.6) is 11.5 Å². The van der Waals surface area contributed by atoms with Crippen molar-refractivity contribution in [3.05, 3.63) is 58.7 Å². The molecule has 4 rings (SSSR count). The van der Waals surface area contributed by atoms with Gasteiger partial charge in [-0.2, -0.15) is 0 Å².